The molecule has 1 rings (SSSR count). The summed E-state index contributed by atoms with van der Waals surface area (Å²) in [5.41, 5.74) is 0. The molecule has 2 unspecified atom stereocenters. The highest BCUT2D eigenvalue weighted by atomic mass is 16.5. The Hall–Kier alpha value is -1.14. The Kier molecular flexibility index (Phi) is 5.21. The van der Waals surface area contributed by atoms with Gasteiger partial charge in [-0.1, -0.05) is 6.42 Å². The van der Waals surface area contributed by atoms with E-state index < -0.39 is 12.0 Å². The number of nitrogens with one attached hydrogen (secondary N) is 2. The van der Waals surface area contributed by atoms with E-state index in [0.29, 0.717) is 0 Å². The van der Waals surface area contributed by atoms with Crippen molar-refractivity contribution in [3.8, 4) is 0 Å². The number of carbonyl (C=O) groups is 2. The molecule has 16 heavy (non-hydrogen) atoms. The predicted octanol–water partition coefficient (Wildman–Crippen LogP) is -0.656. The molecule has 2 atom stereocenters. The van der Waals surface area contributed by atoms with Crippen molar-refractivity contribution in [2.75, 3.05) is 20.3 Å². The highest BCUT2D eigenvalue weighted by Crippen LogP contribution is 2.07. The smallest absolute Gasteiger partial charge is 0.328 e. The zero-order valence-corrected chi connectivity index (χ0v) is 9.36. The van der Waals surface area contributed by atoms with Crippen LogP contribution in [0.3, 0.4) is 0 Å². The Labute approximate surface area is 94.3 Å². The minimum absolute atomic E-state index is 0.0200. The fraction of sp³-hybridized carbons (Fsp3) is 0.800. The van der Waals surface area contributed by atoms with Crippen LogP contribution >= 0.6 is 0 Å². The van der Waals surface area contributed by atoms with Crippen LogP contribution in [0.1, 0.15) is 19.3 Å². The van der Waals surface area contributed by atoms with Gasteiger partial charge >= 0.3 is 5.97 Å². The fourth-order valence-electron chi connectivity index (χ4n) is 1.69. The maximum atomic E-state index is 11.7. The lowest BCUT2D eigenvalue weighted by atomic mass is 10.0. The van der Waals surface area contributed by atoms with E-state index in [0.717, 1.165) is 25.8 Å². The summed E-state index contributed by atoms with van der Waals surface area (Å²) in [6.45, 7) is 0.786. The zero-order valence-electron chi connectivity index (χ0n) is 9.36. The molecule has 1 fully saturated rings. The number of hydrogen-bond acceptors (Lipinski definition) is 4. The highest BCUT2D eigenvalue weighted by molar-refractivity contribution is 5.87. The van der Waals surface area contributed by atoms with E-state index >= 15 is 0 Å². The second-order valence-electron chi connectivity index (χ2n) is 3.86. The summed E-state index contributed by atoms with van der Waals surface area (Å²) >= 11 is 0. The Balaban J connectivity index is 2.43. The Morgan fingerprint density at radius 1 is 1.56 bits per heavy atom. The minimum atomic E-state index is -1.08. The molecule has 0 aromatic rings. The molecule has 0 aliphatic carbocycles. The van der Waals surface area contributed by atoms with E-state index in [1.54, 1.807) is 0 Å². The van der Waals surface area contributed by atoms with E-state index in [9.17, 15) is 9.59 Å². The number of methoxy groups -OCH3 is 1. The molecular formula is C10H18N2O4. The van der Waals surface area contributed by atoms with Crippen LogP contribution in [-0.4, -0.2) is 49.3 Å². The van der Waals surface area contributed by atoms with Crippen molar-refractivity contribution in [2.45, 2.75) is 31.3 Å². The molecule has 1 aliphatic rings. The molecule has 0 saturated carbocycles. The highest BCUT2D eigenvalue weighted by Gasteiger charge is 2.25. The molecule has 6 nitrogen and oxygen atoms in total. The number of rotatable bonds is 5. The SMILES string of the molecule is COCC(NC(=O)C1CCCCN1)C(=O)O. The third kappa shape index (κ3) is 3.79. The molecule has 0 aromatic heterocycles. The molecule has 92 valence electrons. The van der Waals surface area contributed by atoms with Crippen molar-refractivity contribution in [3.05, 3.63) is 0 Å². The monoisotopic (exact) mass is 230 g/mol. The van der Waals surface area contributed by atoms with Crippen LogP contribution in [0.5, 0.6) is 0 Å². The van der Waals surface area contributed by atoms with Crippen molar-refractivity contribution in [1.82, 2.24) is 10.6 Å². The fourth-order valence-corrected chi connectivity index (χ4v) is 1.69. The van der Waals surface area contributed by atoms with Gasteiger partial charge in [-0.05, 0) is 19.4 Å². The van der Waals surface area contributed by atoms with Gasteiger partial charge in [-0.25, -0.2) is 4.79 Å². The summed E-state index contributed by atoms with van der Waals surface area (Å²) in [4.78, 5) is 22.5. The summed E-state index contributed by atoms with van der Waals surface area (Å²) in [6.07, 6.45) is 2.81. The van der Waals surface area contributed by atoms with Crippen LogP contribution in [0.2, 0.25) is 0 Å². The molecule has 3 N–H and O–H groups in total. The van der Waals surface area contributed by atoms with Gasteiger partial charge in [0.05, 0.1) is 12.6 Å². The third-order valence-electron chi connectivity index (χ3n) is 2.57. The lowest BCUT2D eigenvalue weighted by molar-refractivity contribution is -0.143. The Morgan fingerprint density at radius 2 is 2.31 bits per heavy atom. The van der Waals surface area contributed by atoms with Crippen molar-refractivity contribution < 1.29 is 19.4 Å². The van der Waals surface area contributed by atoms with E-state index in [-0.39, 0.29) is 18.6 Å². The van der Waals surface area contributed by atoms with Crippen LogP contribution in [0.25, 0.3) is 0 Å². The lowest BCUT2D eigenvalue weighted by Gasteiger charge is -2.24. The minimum Gasteiger partial charge on any atom is -0.480 e. The van der Waals surface area contributed by atoms with Crippen molar-refractivity contribution >= 4 is 11.9 Å². The van der Waals surface area contributed by atoms with Crippen molar-refractivity contribution in [3.63, 3.8) is 0 Å². The van der Waals surface area contributed by atoms with Gasteiger partial charge in [0.2, 0.25) is 5.91 Å². The van der Waals surface area contributed by atoms with Crippen molar-refractivity contribution in [1.29, 1.82) is 0 Å². The first-order valence-electron chi connectivity index (χ1n) is 5.40. The van der Waals surface area contributed by atoms with Crippen LogP contribution in [-0.2, 0) is 14.3 Å². The van der Waals surface area contributed by atoms with Gasteiger partial charge in [-0.3, -0.25) is 4.79 Å². The average molecular weight is 230 g/mol. The first kappa shape index (κ1) is 12.9. The number of hydrogen-bond donors (Lipinski definition) is 3. The molecule has 0 spiro atoms. The largest absolute Gasteiger partial charge is 0.480 e. The summed E-state index contributed by atoms with van der Waals surface area (Å²) in [6, 6.07) is -1.24. The van der Waals surface area contributed by atoms with Crippen molar-refractivity contribution in [2.24, 2.45) is 0 Å². The number of ether oxygens (including phenoxy) is 1. The predicted molar refractivity (Wildman–Crippen MR) is 57.1 cm³/mol. The first-order valence-corrected chi connectivity index (χ1v) is 5.40. The second kappa shape index (κ2) is 6.44. The first-order chi connectivity index (χ1) is 7.65. The molecule has 1 aliphatic heterocycles. The number of piperidine rings is 1. The summed E-state index contributed by atoms with van der Waals surface area (Å²) in [5.74, 6) is -1.34. The maximum absolute atomic E-state index is 11.7. The Bertz CT molecular complexity index is 251. The van der Waals surface area contributed by atoms with E-state index in [1.807, 2.05) is 0 Å². The molecule has 1 amide bonds. The summed E-state index contributed by atoms with van der Waals surface area (Å²) in [5, 5.41) is 14.4. The van der Waals surface area contributed by atoms with Gasteiger partial charge in [0.1, 0.15) is 0 Å². The van der Waals surface area contributed by atoms with Gasteiger partial charge in [0, 0.05) is 7.11 Å². The topological polar surface area (TPSA) is 87.7 Å². The van der Waals surface area contributed by atoms with Gasteiger partial charge in [-0.15, -0.1) is 0 Å². The number of amides is 1. The van der Waals surface area contributed by atoms with E-state index in [4.69, 9.17) is 9.84 Å². The molecule has 1 heterocycles. The number of aliphatic carboxylic acids is 1. The van der Waals surface area contributed by atoms with Gasteiger partial charge in [0.25, 0.3) is 0 Å². The van der Waals surface area contributed by atoms with Crippen LogP contribution in [0.15, 0.2) is 0 Å². The number of carboxylic acids is 1. The number of carboxylic acid groups (broad SMARTS) is 1. The number of carbonyl (C=O) groups excluding carboxylic acids is 1. The van der Waals surface area contributed by atoms with Crippen LogP contribution in [0.4, 0.5) is 0 Å². The zero-order chi connectivity index (χ0) is 12.0. The maximum Gasteiger partial charge on any atom is 0.328 e. The molecular weight excluding hydrogens is 212 g/mol. The van der Waals surface area contributed by atoms with Gasteiger partial charge in [0.15, 0.2) is 6.04 Å². The van der Waals surface area contributed by atoms with Gasteiger partial charge < -0.3 is 20.5 Å². The van der Waals surface area contributed by atoms with Gasteiger partial charge in [-0.2, -0.15) is 0 Å². The normalized spacial score (nSPS) is 22.4. The average Bonchev–Trinajstić information content (AvgIpc) is 2.29. The Morgan fingerprint density at radius 3 is 2.81 bits per heavy atom. The standard InChI is InChI=1S/C10H18N2O4/c1-16-6-8(10(14)15)12-9(13)7-4-2-3-5-11-7/h7-8,11H,2-6H2,1H3,(H,12,13)(H,14,15). The third-order valence-corrected chi connectivity index (χ3v) is 2.57. The van der Waals surface area contributed by atoms with Crippen LogP contribution in [0, 0.1) is 0 Å². The molecule has 1 saturated heterocycles. The summed E-state index contributed by atoms with van der Waals surface area (Å²) in [7, 11) is 1.40. The molecule has 0 bridgehead atoms. The summed E-state index contributed by atoms with van der Waals surface area (Å²) < 4.78 is 4.74. The second-order valence-corrected chi connectivity index (χ2v) is 3.86. The molecule has 0 radical (unpaired) electrons. The van der Waals surface area contributed by atoms with E-state index in [1.165, 1.54) is 7.11 Å². The van der Waals surface area contributed by atoms with Crippen LogP contribution < -0.4 is 10.6 Å². The van der Waals surface area contributed by atoms with E-state index in [2.05, 4.69) is 10.6 Å². The molecule has 6 heteroatoms. The molecule has 0 aromatic carbocycles. The lowest BCUT2D eigenvalue weighted by Crippen LogP contribution is -2.52. The quantitative estimate of drug-likeness (QED) is 0.584.